The van der Waals surface area contributed by atoms with E-state index >= 15 is 0 Å². The highest BCUT2D eigenvalue weighted by molar-refractivity contribution is 5.95. The van der Waals surface area contributed by atoms with E-state index in [-0.39, 0.29) is 0 Å². The van der Waals surface area contributed by atoms with E-state index in [0.717, 1.165) is 5.56 Å². The molecule has 0 atom stereocenters. The summed E-state index contributed by atoms with van der Waals surface area (Å²) in [6, 6.07) is 4.90. The molecule has 0 aromatic heterocycles. The fraction of sp³-hybridized carbons (Fsp3) is 0.182. The Hall–Kier alpha value is -1.99. The fourth-order valence-corrected chi connectivity index (χ4v) is 1.09. The number of carbonyl (C=O) groups is 1. The standard InChI is InChI=1S/C11H12N2O2/c1-15-11(14)9-5-4-8(3-2-6-12)7-10(9)13/h4-5,7H,6,12-13H2,1H3. The predicted molar refractivity (Wildman–Crippen MR) is 58.1 cm³/mol. The summed E-state index contributed by atoms with van der Waals surface area (Å²) in [5.74, 6) is 5.07. The van der Waals surface area contributed by atoms with E-state index in [9.17, 15) is 4.79 Å². The van der Waals surface area contributed by atoms with Crippen LogP contribution in [0.3, 0.4) is 0 Å². The highest BCUT2D eigenvalue weighted by atomic mass is 16.5. The summed E-state index contributed by atoms with van der Waals surface area (Å²) in [4.78, 5) is 11.2. The SMILES string of the molecule is COC(=O)c1ccc(C#CCN)cc1N. The molecule has 0 aliphatic carbocycles. The van der Waals surface area contributed by atoms with Gasteiger partial charge >= 0.3 is 5.97 Å². The van der Waals surface area contributed by atoms with Gasteiger partial charge in [0.05, 0.1) is 19.2 Å². The maximum atomic E-state index is 11.2. The van der Waals surface area contributed by atoms with Gasteiger partial charge in [0.25, 0.3) is 0 Å². The number of hydrogen-bond donors (Lipinski definition) is 2. The van der Waals surface area contributed by atoms with Crippen LogP contribution in [-0.4, -0.2) is 19.6 Å². The van der Waals surface area contributed by atoms with Crippen LogP contribution in [0.15, 0.2) is 18.2 Å². The molecule has 0 heterocycles. The summed E-state index contributed by atoms with van der Waals surface area (Å²) in [5.41, 5.74) is 12.3. The predicted octanol–water partition coefficient (Wildman–Crippen LogP) is 0.366. The Morgan fingerprint density at radius 2 is 2.27 bits per heavy atom. The van der Waals surface area contributed by atoms with Crippen LogP contribution in [0.5, 0.6) is 0 Å². The van der Waals surface area contributed by atoms with Crippen LogP contribution in [0.2, 0.25) is 0 Å². The molecule has 0 spiro atoms. The molecule has 0 amide bonds. The first-order chi connectivity index (χ1) is 7.19. The van der Waals surface area contributed by atoms with E-state index in [0.29, 0.717) is 17.8 Å². The second-order valence-corrected chi connectivity index (χ2v) is 2.80. The molecule has 4 heteroatoms. The van der Waals surface area contributed by atoms with Crippen LogP contribution < -0.4 is 11.5 Å². The quantitative estimate of drug-likeness (QED) is 0.393. The van der Waals surface area contributed by atoms with Crippen molar-refractivity contribution < 1.29 is 9.53 Å². The number of rotatable bonds is 1. The molecular formula is C11H12N2O2. The third kappa shape index (κ3) is 2.73. The molecule has 4 N–H and O–H groups in total. The minimum absolute atomic E-state index is 0.290. The van der Waals surface area contributed by atoms with Gasteiger partial charge in [0.2, 0.25) is 0 Å². The maximum absolute atomic E-state index is 11.2. The molecule has 0 saturated heterocycles. The van der Waals surface area contributed by atoms with Crippen LogP contribution in [-0.2, 0) is 4.74 Å². The van der Waals surface area contributed by atoms with Crippen molar-refractivity contribution in [2.45, 2.75) is 0 Å². The maximum Gasteiger partial charge on any atom is 0.339 e. The highest BCUT2D eigenvalue weighted by Gasteiger charge is 2.08. The normalized spacial score (nSPS) is 8.93. The monoisotopic (exact) mass is 204 g/mol. The zero-order valence-electron chi connectivity index (χ0n) is 8.41. The Morgan fingerprint density at radius 1 is 1.53 bits per heavy atom. The molecular weight excluding hydrogens is 192 g/mol. The van der Waals surface area contributed by atoms with Crippen LogP contribution in [0.4, 0.5) is 5.69 Å². The summed E-state index contributed by atoms with van der Waals surface area (Å²) >= 11 is 0. The van der Waals surface area contributed by atoms with Crippen molar-refractivity contribution in [3.8, 4) is 11.8 Å². The molecule has 0 fully saturated rings. The molecule has 15 heavy (non-hydrogen) atoms. The van der Waals surface area contributed by atoms with E-state index in [4.69, 9.17) is 11.5 Å². The Kier molecular flexibility index (Phi) is 3.72. The lowest BCUT2D eigenvalue weighted by atomic mass is 10.1. The van der Waals surface area contributed by atoms with Crippen molar-refractivity contribution in [3.05, 3.63) is 29.3 Å². The van der Waals surface area contributed by atoms with Gasteiger partial charge in [-0.3, -0.25) is 0 Å². The number of nitrogens with two attached hydrogens (primary N) is 2. The molecule has 78 valence electrons. The van der Waals surface area contributed by atoms with E-state index < -0.39 is 5.97 Å². The van der Waals surface area contributed by atoms with Crippen molar-refractivity contribution in [2.24, 2.45) is 5.73 Å². The highest BCUT2D eigenvalue weighted by Crippen LogP contribution is 2.14. The van der Waals surface area contributed by atoms with Crippen LogP contribution in [0.25, 0.3) is 0 Å². The first kappa shape index (κ1) is 11.1. The Balaban J connectivity index is 3.03. The van der Waals surface area contributed by atoms with Crippen molar-refractivity contribution >= 4 is 11.7 Å². The average Bonchev–Trinajstić information content (AvgIpc) is 2.25. The van der Waals surface area contributed by atoms with Crippen LogP contribution in [0, 0.1) is 11.8 Å². The fourth-order valence-electron chi connectivity index (χ4n) is 1.09. The Morgan fingerprint density at radius 3 is 2.80 bits per heavy atom. The molecule has 0 aliphatic heterocycles. The summed E-state index contributed by atoms with van der Waals surface area (Å²) in [5, 5.41) is 0. The smallest absolute Gasteiger partial charge is 0.339 e. The topological polar surface area (TPSA) is 78.3 Å². The van der Waals surface area contributed by atoms with Gasteiger partial charge < -0.3 is 16.2 Å². The van der Waals surface area contributed by atoms with E-state index in [2.05, 4.69) is 16.6 Å². The largest absolute Gasteiger partial charge is 0.465 e. The molecule has 4 nitrogen and oxygen atoms in total. The number of carbonyl (C=O) groups excluding carboxylic acids is 1. The third-order valence-corrected chi connectivity index (χ3v) is 1.79. The Bertz CT molecular complexity index is 430. The molecule has 0 radical (unpaired) electrons. The average molecular weight is 204 g/mol. The number of esters is 1. The van der Waals surface area contributed by atoms with Gasteiger partial charge in [0, 0.05) is 11.3 Å². The molecule has 1 aromatic rings. The van der Waals surface area contributed by atoms with E-state index in [1.807, 2.05) is 0 Å². The number of anilines is 1. The third-order valence-electron chi connectivity index (χ3n) is 1.79. The van der Waals surface area contributed by atoms with Crippen molar-refractivity contribution in [1.82, 2.24) is 0 Å². The molecule has 1 rings (SSSR count). The summed E-state index contributed by atoms with van der Waals surface area (Å²) in [6.07, 6.45) is 0. The second-order valence-electron chi connectivity index (χ2n) is 2.80. The summed E-state index contributed by atoms with van der Waals surface area (Å²) < 4.78 is 4.56. The lowest BCUT2D eigenvalue weighted by Gasteiger charge is -2.03. The van der Waals surface area contributed by atoms with E-state index in [1.165, 1.54) is 7.11 Å². The molecule has 1 aromatic carbocycles. The summed E-state index contributed by atoms with van der Waals surface area (Å²) in [7, 11) is 1.31. The number of ether oxygens (including phenoxy) is 1. The van der Waals surface area contributed by atoms with Crippen molar-refractivity contribution in [3.63, 3.8) is 0 Å². The van der Waals surface area contributed by atoms with Gasteiger partial charge in [-0.05, 0) is 18.2 Å². The molecule has 0 saturated carbocycles. The number of benzene rings is 1. The van der Waals surface area contributed by atoms with Crippen molar-refractivity contribution in [1.29, 1.82) is 0 Å². The van der Waals surface area contributed by atoms with Gasteiger partial charge in [-0.15, -0.1) is 0 Å². The Labute approximate surface area is 88.2 Å². The summed E-state index contributed by atoms with van der Waals surface area (Å²) in [6.45, 7) is 0.290. The van der Waals surface area contributed by atoms with Gasteiger partial charge in [0.1, 0.15) is 0 Å². The first-order valence-electron chi connectivity index (χ1n) is 4.36. The zero-order valence-corrected chi connectivity index (χ0v) is 8.41. The number of hydrogen-bond acceptors (Lipinski definition) is 4. The first-order valence-corrected chi connectivity index (χ1v) is 4.36. The van der Waals surface area contributed by atoms with Crippen molar-refractivity contribution in [2.75, 3.05) is 19.4 Å². The minimum Gasteiger partial charge on any atom is -0.465 e. The van der Waals surface area contributed by atoms with Gasteiger partial charge in [-0.1, -0.05) is 11.8 Å². The van der Waals surface area contributed by atoms with Gasteiger partial charge in [0.15, 0.2) is 0 Å². The second kappa shape index (κ2) is 5.03. The molecule has 0 bridgehead atoms. The van der Waals surface area contributed by atoms with E-state index in [1.54, 1.807) is 18.2 Å². The van der Waals surface area contributed by atoms with Crippen LogP contribution in [0.1, 0.15) is 15.9 Å². The minimum atomic E-state index is -0.453. The number of methoxy groups -OCH3 is 1. The number of nitrogen functional groups attached to an aromatic ring is 1. The van der Waals surface area contributed by atoms with Gasteiger partial charge in [-0.2, -0.15) is 0 Å². The van der Waals surface area contributed by atoms with Gasteiger partial charge in [-0.25, -0.2) is 4.79 Å². The lowest BCUT2D eigenvalue weighted by Crippen LogP contribution is -2.05. The zero-order chi connectivity index (χ0) is 11.3. The lowest BCUT2D eigenvalue weighted by molar-refractivity contribution is 0.0602. The van der Waals surface area contributed by atoms with Crippen LogP contribution >= 0.6 is 0 Å². The molecule has 0 aliphatic rings. The molecule has 0 unspecified atom stereocenters.